The van der Waals surface area contributed by atoms with Crippen molar-refractivity contribution in [3.05, 3.63) is 0 Å². The van der Waals surface area contributed by atoms with Crippen molar-refractivity contribution in [3.8, 4) is 0 Å². The third kappa shape index (κ3) is 3.78. The second-order valence-corrected chi connectivity index (χ2v) is 5.35. The third-order valence-corrected chi connectivity index (χ3v) is 3.67. The van der Waals surface area contributed by atoms with Gasteiger partial charge in [-0.15, -0.1) is 0 Å². The summed E-state index contributed by atoms with van der Waals surface area (Å²) in [5.41, 5.74) is 0. The van der Waals surface area contributed by atoms with E-state index in [0.717, 1.165) is 12.3 Å². The molecule has 0 aromatic heterocycles. The SMILES string of the molecule is CNC(=O)COC1CC(C)CCC1C(C)C. The summed E-state index contributed by atoms with van der Waals surface area (Å²) in [7, 11) is 1.65. The number of carbonyl (C=O) groups is 1. The molecule has 94 valence electrons. The van der Waals surface area contributed by atoms with Crippen LogP contribution < -0.4 is 5.32 Å². The summed E-state index contributed by atoms with van der Waals surface area (Å²) in [6, 6.07) is 0. The molecule has 1 saturated carbocycles. The van der Waals surface area contributed by atoms with E-state index in [1.165, 1.54) is 12.8 Å². The average Bonchev–Trinajstić information content (AvgIpc) is 2.25. The summed E-state index contributed by atoms with van der Waals surface area (Å²) < 4.78 is 5.77. The van der Waals surface area contributed by atoms with Crippen LogP contribution in [0.15, 0.2) is 0 Å². The van der Waals surface area contributed by atoms with E-state index in [2.05, 4.69) is 26.1 Å². The van der Waals surface area contributed by atoms with Crippen molar-refractivity contribution in [2.24, 2.45) is 17.8 Å². The van der Waals surface area contributed by atoms with Gasteiger partial charge in [0.15, 0.2) is 0 Å². The van der Waals surface area contributed by atoms with E-state index in [4.69, 9.17) is 4.74 Å². The van der Waals surface area contributed by atoms with Gasteiger partial charge >= 0.3 is 0 Å². The van der Waals surface area contributed by atoms with E-state index in [0.29, 0.717) is 11.8 Å². The highest BCUT2D eigenvalue weighted by atomic mass is 16.5. The van der Waals surface area contributed by atoms with Crippen LogP contribution in [0.25, 0.3) is 0 Å². The van der Waals surface area contributed by atoms with Gasteiger partial charge in [-0.25, -0.2) is 0 Å². The molecule has 0 saturated heterocycles. The van der Waals surface area contributed by atoms with Crippen LogP contribution in [0.1, 0.15) is 40.0 Å². The molecule has 0 bridgehead atoms. The average molecular weight is 227 g/mol. The van der Waals surface area contributed by atoms with E-state index in [9.17, 15) is 4.79 Å². The molecular formula is C13H25NO2. The fourth-order valence-electron chi connectivity index (χ4n) is 2.56. The van der Waals surface area contributed by atoms with Crippen LogP contribution >= 0.6 is 0 Å². The van der Waals surface area contributed by atoms with Crippen LogP contribution in [0.3, 0.4) is 0 Å². The van der Waals surface area contributed by atoms with Gasteiger partial charge in [0.1, 0.15) is 6.61 Å². The summed E-state index contributed by atoms with van der Waals surface area (Å²) >= 11 is 0. The minimum absolute atomic E-state index is 0.0271. The highest BCUT2D eigenvalue weighted by Crippen LogP contribution is 2.35. The lowest BCUT2D eigenvalue weighted by atomic mass is 9.75. The van der Waals surface area contributed by atoms with E-state index in [1.54, 1.807) is 7.05 Å². The Balaban J connectivity index is 2.47. The highest BCUT2D eigenvalue weighted by Gasteiger charge is 2.31. The predicted octanol–water partition coefficient (Wildman–Crippen LogP) is 2.21. The lowest BCUT2D eigenvalue weighted by Crippen LogP contribution is -2.37. The van der Waals surface area contributed by atoms with Crippen molar-refractivity contribution in [2.45, 2.75) is 46.1 Å². The van der Waals surface area contributed by atoms with Crippen molar-refractivity contribution in [2.75, 3.05) is 13.7 Å². The molecule has 0 heterocycles. The number of amides is 1. The molecule has 16 heavy (non-hydrogen) atoms. The second kappa shape index (κ2) is 6.24. The molecule has 1 amide bonds. The summed E-state index contributed by atoms with van der Waals surface area (Å²) in [4.78, 5) is 11.2. The standard InChI is InChI=1S/C13H25NO2/c1-9(2)11-6-5-10(3)7-12(11)16-8-13(15)14-4/h9-12H,5-8H2,1-4H3,(H,14,15). The fourth-order valence-corrected chi connectivity index (χ4v) is 2.56. The molecule has 0 aromatic rings. The van der Waals surface area contributed by atoms with Crippen molar-refractivity contribution < 1.29 is 9.53 Å². The van der Waals surface area contributed by atoms with Gasteiger partial charge in [0.2, 0.25) is 5.91 Å². The van der Waals surface area contributed by atoms with Crippen LogP contribution in [0.4, 0.5) is 0 Å². The molecule has 0 spiro atoms. The Morgan fingerprint density at radius 3 is 2.69 bits per heavy atom. The molecule has 0 radical (unpaired) electrons. The molecular weight excluding hydrogens is 202 g/mol. The zero-order chi connectivity index (χ0) is 12.1. The number of carbonyl (C=O) groups excluding carboxylic acids is 1. The van der Waals surface area contributed by atoms with Gasteiger partial charge in [0, 0.05) is 7.05 Å². The first-order chi connectivity index (χ1) is 7.54. The number of rotatable bonds is 4. The first kappa shape index (κ1) is 13.5. The van der Waals surface area contributed by atoms with Crippen LogP contribution in [-0.2, 0) is 9.53 Å². The van der Waals surface area contributed by atoms with Crippen molar-refractivity contribution >= 4 is 5.91 Å². The maximum atomic E-state index is 11.2. The Labute approximate surface area is 98.9 Å². The van der Waals surface area contributed by atoms with Crippen molar-refractivity contribution in [1.29, 1.82) is 0 Å². The lowest BCUT2D eigenvalue weighted by molar-refractivity contribution is -0.130. The molecule has 3 unspecified atom stereocenters. The van der Waals surface area contributed by atoms with Crippen molar-refractivity contribution in [1.82, 2.24) is 5.32 Å². The molecule has 1 rings (SSSR count). The molecule has 0 aliphatic heterocycles. The highest BCUT2D eigenvalue weighted by molar-refractivity contribution is 5.76. The second-order valence-electron chi connectivity index (χ2n) is 5.35. The Morgan fingerprint density at radius 2 is 2.12 bits per heavy atom. The predicted molar refractivity (Wildman–Crippen MR) is 65.1 cm³/mol. The van der Waals surface area contributed by atoms with Crippen LogP contribution in [0, 0.1) is 17.8 Å². The minimum atomic E-state index is -0.0271. The molecule has 3 heteroatoms. The Kier molecular flexibility index (Phi) is 5.26. The van der Waals surface area contributed by atoms with Crippen LogP contribution in [0.5, 0.6) is 0 Å². The number of nitrogens with one attached hydrogen (secondary N) is 1. The Bertz CT molecular complexity index is 228. The molecule has 1 aliphatic carbocycles. The van der Waals surface area contributed by atoms with Gasteiger partial charge < -0.3 is 10.1 Å². The minimum Gasteiger partial charge on any atom is -0.368 e. The quantitative estimate of drug-likeness (QED) is 0.799. The summed E-state index contributed by atoms with van der Waals surface area (Å²) in [5, 5.41) is 2.60. The normalized spacial score (nSPS) is 30.4. The first-order valence-corrected chi connectivity index (χ1v) is 6.36. The number of hydrogen-bond acceptors (Lipinski definition) is 2. The molecule has 1 N–H and O–H groups in total. The summed E-state index contributed by atoms with van der Waals surface area (Å²) in [6.45, 7) is 6.97. The number of likely N-dealkylation sites (N-methyl/N-ethyl adjacent to an activating group) is 1. The molecule has 3 nitrogen and oxygen atoms in total. The van der Waals surface area contributed by atoms with Gasteiger partial charge in [-0.05, 0) is 30.6 Å². The molecule has 1 aliphatic rings. The van der Waals surface area contributed by atoms with Crippen molar-refractivity contribution in [3.63, 3.8) is 0 Å². The zero-order valence-electron chi connectivity index (χ0n) is 11.0. The smallest absolute Gasteiger partial charge is 0.245 e. The van der Waals surface area contributed by atoms with Gasteiger partial charge in [0.25, 0.3) is 0 Å². The maximum Gasteiger partial charge on any atom is 0.245 e. The number of ether oxygens (including phenoxy) is 1. The topological polar surface area (TPSA) is 38.3 Å². The zero-order valence-corrected chi connectivity index (χ0v) is 11.0. The van der Waals surface area contributed by atoms with E-state index < -0.39 is 0 Å². The van der Waals surface area contributed by atoms with Gasteiger partial charge in [-0.1, -0.05) is 27.2 Å². The summed E-state index contributed by atoms with van der Waals surface area (Å²) in [6.07, 6.45) is 3.89. The van der Waals surface area contributed by atoms with E-state index in [-0.39, 0.29) is 18.6 Å². The summed E-state index contributed by atoms with van der Waals surface area (Å²) in [5.74, 6) is 1.95. The Hall–Kier alpha value is -0.570. The molecule has 0 aromatic carbocycles. The monoisotopic (exact) mass is 227 g/mol. The van der Waals surface area contributed by atoms with Gasteiger partial charge in [-0.3, -0.25) is 4.79 Å². The van der Waals surface area contributed by atoms with Gasteiger partial charge in [0.05, 0.1) is 6.10 Å². The van der Waals surface area contributed by atoms with Crippen LogP contribution in [-0.4, -0.2) is 25.7 Å². The van der Waals surface area contributed by atoms with Crippen LogP contribution in [0.2, 0.25) is 0 Å². The first-order valence-electron chi connectivity index (χ1n) is 6.36. The maximum absolute atomic E-state index is 11.2. The molecule has 3 atom stereocenters. The largest absolute Gasteiger partial charge is 0.368 e. The van der Waals surface area contributed by atoms with E-state index >= 15 is 0 Å². The number of hydrogen-bond donors (Lipinski definition) is 1. The fraction of sp³-hybridized carbons (Fsp3) is 0.923. The van der Waals surface area contributed by atoms with Gasteiger partial charge in [-0.2, -0.15) is 0 Å². The molecule has 1 fully saturated rings. The Morgan fingerprint density at radius 1 is 1.44 bits per heavy atom. The lowest BCUT2D eigenvalue weighted by Gasteiger charge is -2.37. The third-order valence-electron chi connectivity index (χ3n) is 3.67. The van der Waals surface area contributed by atoms with E-state index in [1.807, 2.05) is 0 Å².